The summed E-state index contributed by atoms with van der Waals surface area (Å²) in [6.07, 6.45) is 1.12. The van der Waals surface area contributed by atoms with Crippen LogP contribution in [0.3, 0.4) is 0 Å². The van der Waals surface area contributed by atoms with Gasteiger partial charge in [-0.1, -0.05) is 12.1 Å². The van der Waals surface area contributed by atoms with Gasteiger partial charge in [-0.15, -0.1) is 11.6 Å². The fraction of sp³-hybridized carbons (Fsp3) is 0.214. The molecule has 2 rings (SSSR count). The highest BCUT2D eigenvalue weighted by Crippen LogP contribution is 2.28. The van der Waals surface area contributed by atoms with E-state index in [4.69, 9.17) is 16.3 Å². The van der Waals surface area contributed by atoms with Crippen molar-refractivity contribution in [3.05, 3.63) is 53.0 Å². The summed E-state index contributed by atoms with van der Waals surface area (Å²) in [5.74, 6) is 0.796. The molecule has 2 aromatic rings. The van der Waals surface area contributed by atoms with Crippen LogP contribution in [-0.4, -0.2) is 4.98 Å². The molecule has 1 aromatic carbocycles. The quantitative estimate of drug-likeness (QED) is 0.769. The van der Waals surface area contributed by atoms with Gasteiger partial charge in [-0.2, -0.15) is 0 Å². The average molecular weight is 266 g/mol. The van der Waals surface area contributed by atoms with Crippen molar-refractivity contribution in [3.63, 3.8) is 0 Å². The van der Waals surface area contributed by atoms with E-state index in [0.29, 0.717) is 17.2 Å². The van der Waals surface area contributed by atoms with Gasteiger partial charge in [0.25, 0.3) is 0 Å². The van der Waals surface area contributed by atoms with Gasteiger partial charge in [0.15, 0.2) is 0 Å². The third kappa shape index (κ3) is 2.62. The Morgan fingerprint density at radius 1 is 1.33 bits per heavy atom. The molecule has 1 heterocycles. The van der Waals surface area contributed by atoms with Gasteiger partial charge in [0, 0.05) is 5.56 Å². The third-order valence-electron chi connectivity index (χ3n) is 2.80. The number of hydrogen-bond acceptors (Lipinski definition) is 2. The van der Waals surface area contributed by atoms with Crippen LogP contribution in [0.4, 0.5) is 4.39 Å². The lowest BCUT2D eigenvalue weighted by Gasteiger charge is -2.11. The van der Waals surface area contributed by atoms with E-state index in [2.05, 4.69) is 4.98 Å². The van der Waals surface area contributed by atoms with Gasteiger partial charge in [-0.25, -0.2) is 9.37 Å². The van der Waals surface area contributed by atoms with Gasteiger partial charge in [0.05, 0.1) is 12.1 Å². The first-order valence-corrected chi connectivity index (χ1v) is 6.09. The maximum absolute atomic E-state index is 13.0. The van der Waals surface area contributed by atoms with E-state index < -0.39 is 5.82 Å². The molecule has 0 amide bonds. The second-order valence-corrected chi connectivity index (χ2v) is 4.32. The van der Waals surface area contributed by atoms with Crippen LogP contribution in [0.2, 0.25) is 0 Å². The minimum absolute atomic E-state index is 0.158. The molecule has 0 aliphatic carbocycles. The molecule has 0 saturated carbocycles. The molecule has 0 bridgehead atoms. The van der Waals surface area contributed by atoms with E-state index in [1.165, 1.54) is 6.07 Å². The van der Waals surface area contributed by atoms with Gasteiger partial charge in [-0.3, -0.25) is 0 Å². The number of alkyl halides is 1. The Bertz CT molecular complexity index is 572. The van der Waals surface area contributed by atoms with Crippen LogP contribution in [0.5, 0.6) is 11.6 Å². The number of aromatic nitrogens is 1. The Balaban J connectivity index is 2.37. The number of hydrogen-bond donors (Lipinski definition) is 0. The highest BCUT2D eigenvalue weighted by atomic mass is 35.5. The molecule has 0 spiro atoms. The molecule has 0 aliphatic rings. The van der Waals surface area contributed by atoms with Crippen LogP contribution < -0.4 is 4.74 Å². The lowest BCUT2D eigenvalue weighted by Crippen LogP contribution is -1.96. The van der Waals surface area contributed by atoms with E-state index in [0.717, 1.165) is 17.3 Å². The summed E-state index contributed by atoms with van der Waals surface area (Å²) < 4.78 is 18.7. The van der Waals surface area contributed by atoms with Crippen molar-refractivity contribution in [1.29, 1.82) is 0 Å². The van der Waals surface area contributed by atoms with E-state index in [1.54, 1.807) is 0 Å². The monoisotopic (exact) mass is 265 g/mol. The number of halogens is 2. The molecule has 0 unspecified atom stereocenters. The SMILES string of the molecule is Cc1cccc(Oc2ncc(F)cc2CCl)c1C. The van der Waals surface area contributed by atoms with Crippen molar-refractivity contribution in [3.8, 4) is 11.6 Å². The van der Waals surface area contributed by atoms with Crippen molar-refractivity contribution >= 4 is 11.6 Å². The molecule has 0 atom stereocenters. The van der Waals surface area contributed by atoms with E-state index in [9.17, 15) is 4.39 Å². The largest absolute Gasteiger partial charge is 0.438 e. The average Bonchev–Trinajstić information content (AvgIpc) is 2.37. The number of pyridine rings is 1. The fourth-order valence-corrected chi connectivity index (χ4v) is 1.79. The Hall–Kier alpha value is -1.61. The summed E-state index contributed by atoms with van der Waals surface area (Å²) in [5, 5.41) is 0. The van der Waals surface area contributed by atoms with Gasteiger partial charge >= 0.3 is 0 Å². The smallest absolute Gasteiger partial charge is 0.223 e. The minimum atomic E-state index is -0.418. The van der Waals surface area contributed by atoms with Crippen LogP contribution in [0, 0.1) is 19.7 Å². The standard InChI is InChI=1S/C14H13ClFNO/c1-9-4-3-5-13(10(9)2)18-14-11(7-15)6-12(16)8-17-14/h3-6,8H,7H2,1-2H3. The number of rotatable bonds is 3. The number of ether oxygens (including phenoxy) is 1. The Kier molecular flexibility index (Phi) is 3.82. The first-order valence-electron chi connectivity index (χ1n) is 5.56. The highest BCUT2D eigenvalue weighted by Gasteiger charge is 2.09. The fourth-order valence-electron chi connectivity index (χ4n) is 1.60. The van der Waals surface area contributed by atoms with Crippen molar-refractivity contribution in [2.24, 2.45) is 0 Å². The summed E-state index contributed by atoms with van der Waals surface area (Å²) in [6, 6.07) is 7.09. The summed E-state index contributed by atoms with van der Waals surface area (Å²) >= 11 is 5.75. The summed E-state index contributed by atoms with van der Waals surface area (Å²) in [5.41, 5.74) is 2.70. The first kappa shape index (κ1) is 12.8. The van der Waals surface area contributed by atoms with Crippen molar-refractivity contribution in [2.45, 2.75) is 19.7 Å². The molecular weight excluding hydrogens is 253 g/mol. The molecule has 0 radical (unpaired) electrons. The molecule has 0 fully saturated rings. The normalized spacial score (nSPS) is 10.4. The van der Waals surface area contributed by atoms with E-state index >= 15 is 0 Å². The summed E-state index contributed by atoms with van der Waals surface area (Å²) in [6.45, 7) is 3.97. The maximum atomic E-state index is 13.0. The summed E-state index contributed by atoms with van der Waals surface area (Å²) in [7, 11) is 0. The Morgan fingerprint density at radius 3 is 2.83 bits per heavy atom. The summed E-state index contributed by atoms with van der Waals surface area (Å²) in [4.78, 5) is 3.93. The number of nitrogens with zero attached hydrogens (tertiary/aromatic N) is 1. The van der Waals surface area contributed by atoms with E-state index in [1.807, 2.05) is 32.0 Å². The zero-order valence-electron chi connectivity index (χ0n) is 10.2. The first-order chi connectivity index (χ1) is 8.61. The molecule has 94 valence electrons. The van der Waals surface area contributed by atoms with Crippen molar-refractivity contribution in [1.82, 2.24) is 4.98 Å². The zero-order chi connectivity index (χ0) is 13.1. The predicted molar refractivity (Wildman–Crippen MR) is 69.7 cm³/mol. The molecule has 18 heavy (non-hydrogen) atoms. The minimum Gasteiger partial charge on any atom is -0.438 e. The van der Waals surface area contributed by atoms with Crippen molar-refractivity contribution < 1.29 is 9.13 Å². The van der Waals surface area contributed by atoms with Gasteiger partial charge in [-0.05, 0) is 37.1 Å². The topological polar surface area (TPSA) is 22.1 Å². The second-order valence-electron chi connectivity index (χ2n) is 4.05. The highest BCUT2D eigenvalue weighted by molar-refractivity contribution is 6.17. The molecular formula is C14H13ClFNO. The number of aryl methyl sites for hydroxylation is 1. The molecule has 0 aliphatic heterocycles. The lowest BCUT2D eigenvalue weighted by atomic mass is 10.1. The van der Waals surface area contributed by atoms with E-state index in [-0.39, 0.29) is 5.88 Å². The van der Waals surface area contributed by atoms with Crippen LogP contribution in [0.1, 0.15) is 16.7 Å². The van der Waals surface area contributed by atoms with Gasteiger partial charge < -0.3 is 4.74 Å². The molecule has 0 saturated heterocycles. The Morgan fingerprint density at radius 2 is 2.11 bits per heavy atom. The molecule has 0 N–H and O–H groups in total. The number of benzene rings is 1. The zero-order valence-corrected chi connectivity index (χ0v) is 11.0. The van der Waals surface area contributed by atoms with Crippen LogP contribution in [-0.2, 0) is 5.88 Å². The Labute approximate surface area is 110 Å². The van der Waals surface area contributed by atoms with Gasteiger partial charge in [0.1, 0.15) is 11.6 Å². The predicted octanol–water partition coefficient (Wildman–Crippen LogP) is 4.37. The third-order valence-corrected chi connectivity index (χ3v) is 3.09. The molecule has 2 nitrogen and oxygen atoms in total. The lowest BCUT2D eigenvalue weighted by molar-refractivity contribution is 0.450. The van der Waals surface area contributed by atoms with Crippen molar-refractivity contribution in [2.75, 3.05) is 0 Å². The van der Waals surface area contributed by atoms with Crippen LogP contribution in [0.15, 0.2) is 30.5 Å². The molecule has 4 heteroatoms. The van der Waals surface area contributed by atoms with Crippen LogP contribution in [0.25, 0.3) is 0 Å². The maximum Gasteiger partial charge on any atom is 0.223 e. The van der Waals surface area contributed by atoms with Gasteiger partial charge in [0.2, 0.25) is 5.88 Å². The molecule has 1 aromatic heterocycles. The van der Waals surface area contributed by atoms with Crippen LogP contribution >= 0.6 is 11.6 Å². The second kappa shape index (κ2) is 5.36.